The molecule has 18 heavy (non-hydrogen) atoms. The molecule has 1 aliphatic rings. The maximum Gasteiger partial charge on any atom is 0.256 e. The van der Waals surface area contributed by atoms with Crippen LogP contribution in [0.2, 0.25) is 0 Å². The number of carbonyl (C=O) groups excluding carboxylic acids is 1. The zero-order valence-electron chi connectivity index (χ0n) is 10.8. The summed E-state index contributed by atoms with van der Waals surface area (Å²) in [6, 6.07) is 9.11. The van der Waals surface area contributed by atoms with Gasteiger partial charge in [0.05, 0.1) is 0 Å². The van der Waals surface area contributed by atoms with Crippen LogP contribution in [0.15, 0.2) is 30.3 Å². The first-order valence-electron chi connectivity index (χ1n) is 6.15. The van der Waals surface area contributed by atoms with Crippen LogP contribution in [0, 0.1) is 0 Å². The minimum atomic E-state index is -1.04. The molecule has 1 N–H and O–H groups in total. The molecule has 1 aromatic rings. The van der Waals surface area contributed by atoms with Crippen LogP contribution in [0.1, 0.15) is 25.5 Å². The third-order valence-electron chi connectivity index (χ3n) is 3.09. The largest absolute Gasteiger partial charge is 0.378 e. The molecule has 0 saturated carbocycles. The van der Waals surface area contributed by atoms with E-state index in [1.165, 1.54) is 0 Å². The highest BCUT2D eigenvalue weighted by Crippen LogP contribution is 2.30. The maximum atomic E-state index is 12.3. The van der Waals surface area contributed by atoms with Crippen molar-refractivity contribution in [1.29, 1.82) is 0 Å². The molecule has 0 radical (unpaired) electrons. The Morgan fingerprint density at radius 2 is 2.06 bits per heavy atom. The van der Waals surface area contributed by atoms with Gasteiger partial charge in [0.25, 0.3) is 5.91 Å². The van der Waals surface area contributed by atoms with Crippen LogP contribution in [-0.2, 0) is 4.79 Å². The summed E-state index contributed by atoms with van der Waals surface area (Å²) in [4.78, 5) is 14.0. The molecule has 1 amide bonds. The van der Waals surface area contributed by atoms with Crippen molar-refractivity contribution >= 4 is 17.7 Å². The second-order valence-corrected chi connectivity index (χ2v) is 6.98. The van der Waals surface area contributed by atoms with E-state index >= 15 is 0 Å². The number of carbonyl (C=O) groups is 1. The fourth-order valence-corrected chi connectivity index (χ4v) is 3.27. The number of aliphatic hydroxyl groups excluding tert-OH is 1. The average molecular weight is 265 g/mol. The van der Waals surface area contributed by atoms with Crippen LogP contribution < -0.4 is 0 Å². The Kier molecular flexibility index (Phi) is 3.97. The van der Waals surface area contributed by atoms with Crippen molar-refractivity contribution in [1.82, 2.24) is 4.90 Å². The minimum Gasteiger partial charge on any atom is -0.378 e. The van der Waals surface area contributed by atoms with Crippen LogP contribution in [0.3, 0.4) is 0 Å². The molecule has 1 heterocycles. The third-order valence-corrected chi connectivity index (χ3v) is 4.38. The Hall–Kier alpha value is -1.00. The van der Waals surface area contributed by atoms with Crippen LogP contribution in [0.4, 0.5) is 0 Å². The highest BCUT2D eigenvalue weighted by atomic mass is 32.2. The molecule has 3 nitrogen and oxygen atoms in total. The molecule has 1 fully saturated rings. The van der Waals surface area contributed by atoms with Gasteiger partial charge in [-0.15, -0.1) is 0 Å². The summed E-state index contributed by atoms with van der Waals surface area (Å²) >= 11 is 1.87. The Balaban J connectivity index is 2.07. The number of hydrogen-bond acceptors (Lipinski definition) is 3. The molecule has 0 bridgehead atoms. The number of benzene rings is 1. The lowest BCUT2D eigenvalue weighted by Crippen LogP contribution is -2.47. The van der Waals surface area contributed by atoms with E-state index in [-0.39, 0.29) is 10.7 Å². The molecule has 0 spiro atoms. The first kappa shape index (κ1) is 13.4. The van der Waals surface area contributed by atoms with Crippen LogP contribution in [0.5, 0.6) is 0 Å². The van der Waals surface area contributed by atoms with Gasteiger partial charge in [0.15, 0.2) is 6.10 Å². The first-order valence-corrected chi connectivity index (χ1v) is 7.14. The number of thioether (sulfide) groups is 1. The monoisotopic (exact) mass is 265 g/mol. The van der Waals surface area contributed by atoms with Crippen molar-refractivity contribution in [2.24, 2.45) is 0 Å². The van der Waals surface area contributed by atoms with Gasteiger partial charge >= 0.3 is 0 Å². The molecule has 98 valence electrons. The highest BCUT2D eigenvalue weighted by Gasteiger charge is 2.32. The quantitative estimate of drug-likeness (QED) is 0.890. The molecular formula is C14H19NO2S. The van der Waals surface area contributed by atoms with Crippen molar-refractivity contribution in [2.75, 3.05) is 18.8 Å². The summed E-state index contributed by atoms with van der Waals surface area (Å²) in [6.45, 7) is 5.68. The summed E-state index contributed by atoms with van der Waals surface area (Å²) in [5.74, 6) is 0.745. The molecule has 4 heteroatoms. The van der Waals surface area contributed by atoms with Gasteiger partial charge in [-0.25, -0.2) is 0 Å². The van der Waals surface area contributed by atoms with E-state index in [0.717, 1.165) is 12.3 Å². The van der Waals surface area contributed by atoms with Gasteiger partial charge in [0, 0.05) is 23.6 Å². The predicted molar refractivity (Wildman–Crippen MR) is 74.5 cm³/mol. The van der Waals surface area contributed by atoms with Gasteiger partial charge < -0.3 is 10.0 Å². The van der Waals surface area contributed by atoms with E-state index in [1.807, 2.05) is 30.0 Å². The summed E-state index contributed by atoms with van der Waals surface area (Å²) in [5.41, 5.74) is 0.665. The third kappa shape index (κ3) is 3.06. The zero-order valence-corrected chi connectivity index (χ0v) is 11.6. The number of amides is 1. The summed E-state index contributed by atoms with van der Waals surface area (Å²) in [6.07, 6.45) is -1.04. The number of nitrogens with zero attached hydrogens (tertiary/aromatic N) is 1. The molecular weight excluding hydrogens is 246 g/mol. The number of aliphatic hydroxyl groups is 1. The Morgan fingerprint density at radius 1 is 1.39 bits per heavy atom. The Labute approximate surface area is 112 Å². The van der Waals surface area contributed by atoms with Crippen LogP contribution >= 0.6 is 11.8 Å². The molecule has 1 aliphatic heterocycles. The average Bonchev–Trinajstić information content (AvgIpc) is 2.37. The Morgan fingerprint density at radius 3 is 2.67 bits per heavy atom. The van der Waals surface area contributed by atoms with E-state index < -0.39 is 6.10 Å². The summed E-state index contributed by atoms with van der Waals surface area (Å²) < 4.78 is 0.0737. The number of hydrogen-bond donors (Lipinski definition) is 1. The van der Waals surface area contributed by atoms with E-state index in [9.17, 15) is 9.90 Å². The minimum absolute atomic E-state index is 0.0737. The second kappa shape index (κ2) is 5.33. The van der Waals surface area contributed by atoms with Gasteiger partial charge in [-0.1, -0.05) is 30.3 Å². The maximum absolute atomic E-state index is 12.3. The van der Waals surface area contributed by atoms with Gasteiger partial charge in [-0.2, -0.15) is 11.8 Å². The first-order chi connectivity index (χ1) is 8.49. The molecule has 0 aliphatic carbocycles. The summed E-state index contributed by atoms with van der Waals surface area (Å²) in [7, 11) is 0. The predicted octanol–water partition coefficient (Wildman–Crippen LogP) is 2.07. The van der Waals surface area contributed by atoms with Crippen LogP contribution in [-0.4, -0.2) is 39.5 Å². The lowest BCUT2D eigenvalue weighted by molar-refractivity contribution is -0.140. The smallest absolute Gasteiger partial charge is 0.256 e. The topological polar surface area (TPSA) is 40.5 Å². The zero-order chi connectivity index (χ0) is 13.2. The molecule has 1 aromatic carbocycles. The normalized spacial score (nSPS) is 20.5. The molecule has 1 atom stereocenters. The van der Waals surface area contributed by atoms with E-state index in [1.54, 1.807) is 17.0 Å². The van der Waals surface area contributed by atoms with Gasteiger partial charge in [-0.3, -0.25) is 4.79 Å². The SMILES string of the molecule is CC1(C)CN(C(=O)C(O)c2ccccc2)CCS1. The van der Waals surface area contributed by atoms with Crippen molar-refractivity contribution in [3.05, 3.63) is 35.9 Å². The van der Waals surface area contributed by atoms with Crippen molar-refractivity contribution in [3.63, 3.8) is 0 Å². The van der Waals surface area contributed by atoms with Crippen molar-refractivity contribution in [2.45, 2.75) is 24.7 Å². The summed E-state index contributed by atoms with van der Waals surface area (Å²) in [5, 5.41) is 10.1. The molecule has 1 saturated heterocycles. The van der Waals surface area contributed by atoms with Gasteiger partial charge in [0.1, 0.15) is 0 Å². The second-order valence-electron chi connectivity index (χ2n) is 5.18. The van der Waals surface area contributed by atoms with E-state index in [0.29, 0.717) is 12.1 Å². The molecule has 2 rings (SSSR count). The Bertz CT molecular complexity index is 419. The lowest BCUT2D eigenvalue weighted by atomic mass is 10.1. The standard InChI is InChI=1S/C14H19NO2S/c1-14(2)10-15(8-9-18-14)13(17)12(16)11-6-4-3-5-7-11/h3-7,12,16H,8-10H2,1-2H3. The fourth-order valence-electron chi connectivity index (χ4n) is 2.16. The lowest BCUT2D eigenvalue weighted by Gasteiger charge is -2.38. The van der Waals surface area contributed by atoms with E-state index in [4.69, 9.17) is 0 Å². The van der Waals surface area contributed by atoms with Crippen molar-refractivity contribution < 1.29 is 9.90 Å². The fraction of sp³-hybridized carbons (Fsp3) is 0.500. The molecule has 1 unspecified atom stereocenters. The van der Waals surface area contributed by atoms with Crippen molar-refractivity contribution in [3.8, 4) is 0 Å². The molecule has 0 aromatic heterocycles. The highest BCUT2D eigenvalue weighted by molar-refractivity contribution is 8.00. The number of rotatable bonds is 2. The van der Waals surface area contributed by atoms with Gasteiger partial charge in [0.2, 0.25) is 0 Å². The van der Waals surface area contributed by atoms with Gasteiger partial charge in [-0.05, 0) is 19.4 Å². The van der Waals surface area contributed by atoms with Crippen LogP contribution in [0.25, 0.3) is 0 Å². The van der Waals surface area contributed by atoms with E-state index in [2.05, 4.69) is 13.8 Å².